The second kappa shape index (κ2) is 9.17. The number of benzene rings is 2. The summed E-state index contributed by atoms with van der Waals surface area (Å²) < 4.78 is 10.7. The third-order valence-electron chi connectivity index (χ3n) is 5.39. The number of rotatable bonds is 6. The fraction of sp³-hybridized carbons (Fsp3) is 0.391. The molecule has 0 saturated carbocycles. The van der Waals surface area contributed by atoms with Crippen molar-refractivity contribution >= 4 is 11.6 Å². The summed E-state index contributed by atoms with van der Waals surface area (Å²) in [6, 6.07) is 14.2. The standard InChI is InChI=1S/C23H27N3O4/c1-17-4-3-5-19(12-17)14-25-8-10-26(11-9-25)23(27)15-30-24-18(2)20-6-7-21-22(13-20)29-16-28-21/h3-7,12-13H,8-11,14-16H2,1-2H3/b24-18-. The average Bonchev–Trinajstić information content (AvgIpc) is 3.22. The van der Waals surface area contributed by atoms with Gasteiger partial charge in [-0.25, -0.2) is 0 Å². The van der Waals surface area contributed by atoms with Gasteiger partial charge in [0.15, 0.2) is 18.1 Å². The monoisotopic (exact) mass is 409 g/mol. The van der Waals surface area contributed by atoms with Crippen LogP contribution in [0.15, 0.2) is 47.6 Å². The van der Waals surface area contributed by atoms with Crippen molar-refractivity contribution in [3.8, 4) is 11.5 Å². The molecule has 2 aliphatic heterocycles. The maximum absolute atomic E-state index is 12.5. The van der Waals surface area contributed by atoms with Crippen LogP contribution >= 0.6 is 0 Å². The van der Waals surface area contributed by atoms with Crippen LogP contribution in [0.1, 0.15) is 23.6 Å². The molecule has 2 aromatic carbocycles. The van der Waals surface area contributed by atoms with Crippen molar-refractivity contribution in [3.05, 3.63) is 59.2 Å². The number of nitrogens with zero attached hydrogens (tertiary/aromatic N) is 3. The second-order valence-electron chi connectivity index (χ2n) is 7.66. The van der Waals surface area contributed by atoms with E-state index in [1.54, 1.807) is 0 Å². The molecule has 2 aliphatic rings. The van der Waals surface area contributed by atoms with Gasteiger partial charge < -0.3 is 19.2 Å². The Labute approximate surface area is 176 Å². The van der Waals surface area contributed by atoms with Crippen molar-refractivity contribution < 1.29 is 19.1 Å². The summed E-state index contributed by atoms with van der Waals surface area (Å²) in [6.07, 6.45) is 0. The number of carbonyl (C=O) groups excluding carboxylic acids is 1. The van der Waals surface area contributed by atoms with Crippen molar-refractivity contribution in [2.75, 3.05) is 39.6 Å². The number of hydrogen-bond acceptors (Lipinski definition) is 6. The molecule has 1 saturated heterocycles. The number of carbonyl (C=O) groups is 1. The predicted molar refractivity (Wildman–Crippen MR) is 114 cm³/mol. The van der Waals surface area contributed by atoms with E-state index in [9.17, 15) is 4.79 Å². The Bertz CT molecular complexity index is 936. The number of ether oxygens (including phenoxy) is 2. The van der Waals surface area contributed by atoms with Gasteiger partial charge in [-0.1, -0.05) is 35.0 Å². The minimum absolute atomic E-state index is 0.0348. The van der Waals surface area contributed by atoms with Crippen molar-refractivity contribution in [1.29, 1.82) is 0 Å². The van der Waals surface area contributed by atoms with Crippen LogP contribution in [0.5, 0.6) is 11.5 Å². The third kappa shape index (κ3) is 4.91. The van der Waals surface area contributed by atoms with Crippen LogP contribution < -0.4 is 9.47 Å². The van der Waals surface area contributed by atoms with Crippen LogP contribution in [0.3, 0.4) is 0 Å². The van der Waals surface area contributed by atoms with Gasteiger partial charge in [0.2, 0.25) is 6.79 Å². The Morgan fingerprint density at radius 1 is 1.07 bits per heavy atom. The normalized spacial score (nSPS) is 16.6. The highest BCUT2D eigenvalue weighted by Crippen LogP contribution is 2.32. The number of fused-ring (bicyclic) bond motifs is 1. The van der Waals surface area contributed by atoms with E-state index in [2.05, 4.69) is 41.2 Å². The lowest BCUT2D eigenvalue weighted by molar-refractivity contribution is -0.137. The predicted octanol–water partition coefficient (Wildman–Crippen LogP) is 2.81. The highest BCUT2D eigenvalue weighted by atomic mass is 16.7. The first-order chi connectivity index (χ1) is 14.6. The summed E-state index contributed by atoms with van der Waals surface area (Å²) in [4.78, 5) is 22.0. The van der Waals surface area contributed by atoms with Crippen LogP contribution in [0, 0.1) is 6.92 Å². The molecular weight excluding hydrogens is 382 g/mol. The molecule has 1 amide bonds. The van der Waals surface area contributed by atoms with Gasteiger partial charge in [0.25, 0.3) is 5.91 Å². The highest BCUT2D eigenvalue weighted by molar-refractivity contribution is 5.99. The number of oxime groups is 1. The van der Waals surface area contributed by atoms with E-state index >= 15 is 0 Å². The smallest absolute Gasteiger partial charge is 0.263 e. The quantitative estimate of drug-likeness (QED) is 0.542. The fourth-order valence-electron chi connectivity index (χ4n) is 3.67. The number of piperazine rings is 1. The molecule has 0 atom stereocenters. The SMILES string of the molecule is C/C(=N/OCC(=O)N1CCN(Cc2cccc(C)c2)CC1)c1ccc2c(c1)OCO2. The summed E-state index contributed by atoms with van der Waals surface area (Å²) in [5, 5.41) is 4.10. The van der Waals surface area contributed by atoms with Gasteiger partial charge in [-0.3, -0.25) is 9.69 Å². The lowest BCUT2D eigenvalue weighted by Crippen LogP contribution is -2.49. The van der Waals surface area contributed by atoms with Crippen LogP contribution in [0.25, 0.3) is 0 Å². The largest absolute Gasteiger partial charge is 0.454 e. The minimum Gasteiger partial charge on any atom is -0.454 e. The van der Waals surface area contributed by atoms with Gasteiger partial charge in [-0.15, -0.1) is 0 Å². The van der Waals surface area contributed by atoms with Crippen molar-refractivity contribution in [1.82, 2.24) is 9.80 Å². The molecule has 158 valence electrons. The Kier molecular flexibility index (Phi) is 6.18. The molecule has 0 aromatic heterocycles. The number of aryl methyl sites for hydroxylation is 1. The average molecular weight is 409 g/mol. The molecule has 1 fully saturated rings. The first-order valence-electron chi connectivity index (χ1n) is 10.2. The molecule has 2 heterocycles. The maximum Gasteiger partial charge on any atom is 0.263 e. The fourth-order valence-corrected chi connectivity index (χ4v) is 3.67. The molecule has 7 nitrogen and oxygen atoms in total. The van der Waals surface area contributed by atoms with Crippen molar-refractivity contribution in [3.63, 3.8) is 0 Å². The molecule has 0 N–H and O–H groups in total. The molecule has 0 radical (unpaired) electrons. The van der Waals surface area contributed by atoms with Crippen LogP contribution in [-0.4, -0.2) is 61.0 Å². The number of amides is 1. The van der Waals surface area contributed by atoms with Crippen LogP contribution in [-0.2, 0) is 16.2 Å². The van der Waals surface area contributed by atoms with Gasteiger partial charge in [0.05, 0.1) is 5.71 Å². The van der Waals surface area contributed by atoms with Gasteiger partial charge >= 0.3 is 0 Å². The first kappa shape index (κ1) is 20.2. The lowest BCUT2D eigenvalue weighted by Gasteiger charge is -2.34. The Morgan fingerprint density at radius 2 is 1.87 bits per heavy atom. The molecule has 4 rings (SSSR count). The van der Waals surface area contributed by atoms with E-state index in [1.807, 2.05) is 30.0 Å². The summed E-state index contributed by atoms with van der Waals surface area (Å²) in [6.45, 7) is 8.18. The van der Waals surface area contributed by atoms with Gasteiger partial charge in [0.1, 0.15) is 0 Å². The van der Waals surface area contributed by atoms with E-state index in [0.29, 0.717) is 24.6 Å². The third-order valence-corrected chi connectivity index (χ3v) is 5.39. The summed E-state index contributed by atoms with van der Waals surface area (Å²) in [5.41, 5.74) is 4.14. The Morgan fingerprint density at radius 3 is 2.67 bits per heavy atom. The van der Waals surface area contributed by atoms with Crippen molar-refractivity contribution in [2.45, 2.75) is 20.4 Å². The summed E-state index contributed by atoms with van der Waals surface area (Å²) >= 11 is 0. The summed E-state index contributed by atoms with van der Waals surface area (Å²) in [7, 11) is 0. The molecule has 7 heteroatoms. The highest BCUT2D eigenvalue weighted by Gasteiger charge is 2.21. The molecule has 30 heavy (non-hydrogen) atoms. The van der Waals surface area contributed by atoms with Crippen LogP contribution in [0.4, 0.5) is 0 Å². The minimum atomic E-state index is -0.0558. The molecule has 0 unspecified atom stereocenters. The first-order valence-corrected chi connectivity index (χ1v) is 10.2. The zero-order chi connectivity index (χ0) is 20.9. The molecular formula is C23H27N3O4. The Hall–Kier alpha value is -3.06. The zero-order valence-electron chi connectivity index (χ0n) is 17.5. The van der Waals surface area contributed by atoms with Gasteiger partial charge in [-0.05, 0) is 37.6 Å². The topological polar surface area (TPSA) is 63.6 Å². The zero-order valence-corrected chi connectivity index (χ0v) is 17.5. The van der Waals surface area contributed by atoms with Crippen LogP contribution in [0.2, 0.25) is 0 Å². The number of hydrogen-bond donors (Lipinski definition) is 0. The maximum atomic E-state index is 12.5. The molecule has 0 spiro atoms. The van der Waals surface area contributed by atoms with Crippen molar-refractivity contribution in [2.24, 2.45) is 5.16 Å². The van der Waals surface area contributed by atoms with Gasteiger partial charge in [-0.2, -0.15) is 0 Å². The second-order valence-corrected chi connectivity index (χ2v) is 7.66. The Balaban J connectivity index is 1.22. The lowest BCUT2D eigenvalue weighted by atomic mass is 10.1. The van der Waals surface area contributed by atoms with E-state index in [-0.39, 0.29) is 19.3 Å². The molecule has 2 aromatic rings. The molecule has 0 aliphatic carbocycles. The van der Waals surface area contributed by atoms with E-state index in [4.69, 9.17) is 14.3 Å². The van der Waals surface area contributed by atoms with E-state index < -0.39 is 0 Å². The van der Waals surface area contributed by atoms with E-state index in [1.165, 1.54) is 11.1 Å². The van der Waals surface area contributed by atoms with E-state index in [0.717, 1.165) is 30.9 Å². The molecule has 0 bridgehead atoms. The van der Waals surface area contributed by atoms with Gasteiger partial charge in [0, 0.05) is 38.3 Å². The summed E-state index contributed by atoms with van der Waals surface area (Å²) in [5.74, 6) is 1.39.